The highest BCUT2D eigenvalue weighted by molar-refractivity contribution is 7.92. The molecule has 152 valence electrons. The summed E-state index contributed by atoms with van der Waals surface area (Å²) in [6.07, 6.45) is 4.33. The highest BCUT2D eigenvalue weighted by Gasteiger charge is 2.24. The summed E-state index contributed by atoms with van der Waals surface area (Å²) in [6, 6.07) is 5.59. The lowest BCUT2D eigenvalue weighted by molar-refractivity contribution is 0.103. The molecular weight excluding hydrogens is 426 g/mol. The Morgan fingerprint density at radius 1 is 1.17 bits per heavy atom. The zero-order valence-electron chi connectivity index (χ0n) is 16.9. The maximum Gasteiger partial charge on any atom is 0.261 e. The van der Waals surface area contributed by atoms with Crippen molar-refractivity contribution in [3.63, 3.8) is 0 Å². The molecule has 4 aromatic rings. The predicted molar refractivity (Wildman–Crippen MR) is 113 cm³/mol. The molecule has 1 aromatic carbocycles. The Bertz CT molecular complexity index is 1450. The van der Waals surface area contributed by atoms with Crippen LogP contribution in [-0.2, 0) is 10.0 Å². The monoisotopic (exact) mass is 442 g/mol. The van der Waals surface area contributed by atoms with Gasteiger partial charge in [0.15, 0.2) is 0 Å². The summed E-state index contributed by atoms with van der Waals surface area (Å²) < 4.78 is 36.6. The van der Waals surface area contributed by atoms with Crippen molar-refractivity contribution in [2.24, 2.45) is 0 Å². The lowest BCUT2D eigenvalue weighted by Gasteiger charge is -2.13. The Morgan fingerprint density at radius 2 is 1.97 bits per heavy atom. The second kappa shape index (κ2) is 7.51. The number of pyridine rings is 1. The molecular formula is C20H16ClN5O3S. The van der Waals surface area contributed by atoms with Crippen LogP contribution in [-0.4, -0.2) is 34.1 Å². The summed E-state index contributed by atoms with van der Waals surface area (Å²) in [5.41, 5.74) is 1.41. The first-order valence-electron chi connectivity index (χ1n) is 9.27. The number of fused-ring (bicyclic) bond motifs is 1. The number of H-pyrrole nitrogens is 1. The van der Waals surface area contributed by atoms with Gasteiger partial charge < -0.3 is 4.98 Å². The zero-order valence-corrected chi connectivity index (χ0v) is 17.5. The topological polar surface area (TPSA) is 118 Å². The van der Waals surface area contributed by atoms with Gasteiger partial charge in [0, 0.05) is 22.8 Å². The van der Waals surface area contributed by atoms with Crippen molar-refractivity contribution in [3.05, 3.63) is 76.6 Å². The van der Waals surface area contributed by atoms with Crippen molar-refractivity contribution in [3.8, 4) is 0 Å². The number of halogens is 1. The third kappa shape index (κ3) is 3.64. The predicted octanol–water partition coefficient (Wildman–Crippen LogP) is 3.65. The maximum absolute atomic E-state index is 13.2. The van der Waals surface area contributed by atoms with Crippen molar-refractivity contribution >= 4 is 44.1 Å². The summed E-state index contributed by atoms with van der Waals surface area (Å²) in [6.45, 7) is 3.28. The minimum Gasteiger partial charge on any atom is -0.346 e. The molecule has 0 amide bonds. The van der Waals surface area contributed by atoms with Gasteiger partial charge >= 0.3 is 0 Å². The fourth-order valence-electron chi connectivity index (χ4n) is 2.91. The van der Waals surface area contributed by atoms with Crippen LogP contribution in [0.4, 0.5) is 5.69 Å². The smallest absolute Gasteiger partial charge is 0.261 e. The van der Waals surface area contributed by atoms with Crippen LogP contribution in [0.2, 0.25) is 5.02 Å². The van der Waals surface area contributed by atoms with Gasteiger partial charge in [-0.25, -0.2) is 18.4 Å². The lowest BCUT2D eigenvalue weighted by Crippen LogP contribution is -2.18. The van der Waals surface area contributed by atoms with E-state index in [1.165, 1.54) is 30.7 Å². The van der Waals surface area contributed by atoms with Crippen LogP contribution in [0.5, 0.6) is 0 Å². The van der Waals surface area contributed by atoms with Crippen molar-refractivity contribution in [1.82, 2.24) is 19.9 Å². The van der Waals surface area contributed by atoms with E-state index in [9.17, 15) is 13.2 Å². The van der Waals surface area contributed by atoms with Crippen molar-refractivity contribution in [2.45, 2.75) is 18.7 Å². The number of rotatable bonds is 5. The first-order valence-corrected chi connectivity index (χ1v) is 10.6. The Kier molecular flexibility index (Phi) is 4.68. The summed E-state index contributed by atoms with van der Waals surface area (Å²) in [5.74, 6) is -0.567. The zero-order chi connectivity index (χ0) is 22.3. The summed E-state index contributed by atoms with van der Waals surface area (Å²) in [7, 11) is -4.20. The molecule has 3 aromatic heterocycles. The van der Waals surface area contributed by atoms with Gasteiger partial charge in [0.25, 0.3) is 10.0 Å². The number of sulfonamides is 1. The SMILES string of the molecule is [2H]c1c(S(=O)(=O)Nc2cc(C)cnc2C(=O)c2ncnc3[nH]ccc23)ccc(Cl)c1C. The van der Waals surface area contributed by atoms with E-state index >= 15 is 0 Å². The van der Waals surface area contributed by atoms with Crippen LogP contribution in [0, 0.1) is 13.8 Å². The van der Waals surface area contributed by atoms with Gasteiger partial charge in [0.05, 0.1) is 12.0 Å². The molecule has 0 aliphatic heterocycles. The molecule has 10 heteroatoms. The number of aromatic nitrogens is 4. The molecule has 0 fully saturated rings. The van der Waals surface area contributed by atoms with E-state index in [0.29, 0.717) is 22.2 Å². The minimum absolute atomic E-state index is 0.0145. The first kappa shape index (κ1) is 18.7. The van der Waals surface area contributed by atoms with E-state index < -0.39 is 15.8 Å². The Labute approximate surface area is 178 Å². The van der Waals surface area contributed by atoms with Crippen molar-refractivity contribution in [1.29, 1.82) is 0 Å². The quantitative estimate of drug-likeness (QED) is 0.455. The molecule has 0 saturated heterocycles. The molecule has 0 bridgehead atoms. The second-order valence-electron chi connectivity index (χ2n) is 6.60. The molecule has 0 atom stereocenters. The highest BCUT2D eigenvalue weighted by atomic mass is 35.5. The number of benzene rings is 1. The van der Waals surface area contributed by atoms with Gasteiger partial charge in [-0.15, -0.1) is 0 Å². The van der Waals surface area contributed by atoms with E-state index in [0.717, 1.165) is 0 Å². The molecule has 0 aliphatic carbocycles. The minimum atomic E-state index is -4.20. The molecule has 8 nitrogen and oxygen atoms in total. The third-order valence-corrected chi connectivity index (χ3v) is 6.11. The molecule has 3 heterocycles. The fourth-order valence-corrected chi connectivity index (χ4v) is 4.11. The van der Waals surface area contributed by atoms with Crippen LogP contribution >= 0.6 is 11.6 Å². The molecule has 30 heavy (non-hydrogen) atoms. The number of aryl methyl sites for hydroxylation is 1. The van der Waals surface area contributed by atoms with E-state index in [1.807, 2.05) is 0 Å². The number of carbonyl (C=O) groups excluding carboxylic acids is 1. The summed E-state index contributed by atoms with van der Waals surface area (Å²) in [4.78, 5) is 28.1. The van der Waals surface area contributed by atoms with Gasteiger partial charge in [-0.1, -0.05) is 11.6 Å². The Morgan fingerprint density at radius 3 is 2.77 bits per heavy atom. The van der Waals surface area contributed by atoms with Gasteiger partial charge in [-0.2, -0.15) is 0 Å². The molecule has 0 aliphatic rings. The molecule has 0 unspecified atom stereocenters. The fraction of sp³-hybridized carbons (Fsp3) is 0.100. The lowest BCUT2D eigenvalue weighted by atomic mass is 10.1. The summed E-state index contributed by atoms with van der Waals surface area (Å²) >= 11 is 5.99. The van der Waals surface area contributed by atoms with Gasteiger partial charge in [-0.05, 0) is 55.3 Å². The highest BCUT2D eigenvalue weighted by Crippen LogP contribution is 2.26. The molecule has 0 saturated carbocycles. The van der Waals surface area contributed by atoms with Crippen molar-refractivity contribution in [2.75, 3.05) is 4.72 Å². The maximum atomic E-state index is 13.2. The van der Waals surface area contributed by atoms with Crippen LogP contribution < -0.4 is 4.72 Å². The average Bonchev–Trinajstić information content (AvgIpc) is 3.20. The molecule has 4 rings (SSSR count). The molecule has 2 N–H and O–H groups in total. The van der Waals surface area contributed by atoms with E-state index in [1.54, 1.807) is 26.1 Å². The number of nitrogens with one attached hydrogen (secondary N) is 2. The van der Waals surface area contributed by atoms with Gasteiger partial charge in [0.1, 0.15) is 23.4 Å². The van der Waals surface area contributed by atoms with E-state index in [2.05, 4.69) is 24.7 Å². The number of hydrogen-bond donors (Lipinski definition) is 2. The van der Waals surface area contributed by atoms with Crippen molar-refractivity contribution < 1.29 is 14.6 Å². The van der Waals surface area contributed by atoms with E-state index in [-0.39, 0.29) is 33.0 Å². The number of anilines is 1. The Hall–Kier alpha value is -3.30. The van der Waals surface area contributed by atoms with Gasteiger partial charge in [-0.3, -0.25) is 14.5 Å². The second-order valence-corrected chi connectivity index (χ2v) is 8.66. The van der Waals surface area contributed by atoms with Crippen LogP contribution in [0.25, 0.3) is 11.0 Å². The summed E-state index contributed by atoms with van der Waals surface area (Å²) in [5, 5.41) is 0.779. The van der Waals surface area contributed by atoms with Crippen LogP contribution in [0.1, 0.15) is 28.7 Å². The number of aromatic amines is 1. The number of nitrogens with zero attached hydrogens (tertiary/aromatic N) is 3. The Balaban J connectivity index is 1.80. The third-order valence-electron chi connectivity index (χ3n) is 4.39. The first-order chi connectivity index (χ1) is 14.7. The molecule has 0 spiro atoms. The van der Waals surface area contributed by atoms with Gasteiger partial charge in [0.2, 0.25) is 5.78 Å². The number of carbonyl (C=O) groups is 1. The average molecular weight is 443 g/mol. The van der Waals surface area contributed by atoms with Crippen LogP contribution in [0.15, 0.2) is 53.9 Å². The number of ketones is 1. The molecule has 0 radical (unpaired) electrons. The number of hydrogen-bond acceptors (Lipinski definition) is 6. The standard InChI is InChI=1S/C20H16ClN5O3S/c1-11-7-16(26-30(28,29)13-3-4-15(21)12(2)8-13)18(23-9-11)19(27)17-14-5-6-22-20(14)25-10-24-17/h3-10,26H,1-2H3,(H,22,24,25)/i8D. The van der Waals surface area contributed by atoms with Crippen LogP contribution in [0.3, 0.4) is 0 Å². The van der Waals surface area contributed by atoms with E-state index in [4.69, 9.17) is 13.0 Å². The largest absolute Gasteiger partial charge is 0.346 e. The normalized spacial score (nSPS) is 12.0.